The molecule has 7 heteroatoms. The van der Waals surface area contributed by atoms with Gasteiger partial charge < -0.3 is 4.98 Å². The first kappa shape index (κ1) is 12.3. The minimum atomic E-state index is -0.188. The fourth-order valence-electron chi connectivity index (χ4n) is 1.94. The monoisotopic (exact) mass is 270 g/mol. The van der Waals surface area contributed by atoms with Crippen molar-refractivity contribution >= 4 is 23.2 Å². The van der Waals surface area contributed by atoms with Crippen LogP contribution in [0.1, 0.15) is 18.3 Å². The number of rotatable bonds is 3. The summed E-state index contributed by atoms with van der Waals surface area (Å²) in [7, 11) is 1.76. The molecule has 1 N–H and O–H groups in total. The van der Waals surface area contributed by atoms with Crippen molar-refractivity contribution in [2.75, 3.05) is 0 Å². The van der Waals surface area contributed by atoms with E-state index < -0.39 is 0 Å². The van der Waals surface area contributed by atoms with Gasteiger partial charge in [-0.05, 0) is 19.1 Å². The molecule has 0 spiro atoms. The molecule has 3 aromatic rings. The van der Waals surface area contributed by atoms with Gasteiger partial charge in [-0.1, -0.05) is 0 Å². The average Bonchev–Trinajstić information content (AvgIpc) is 3.04. The number of nitrogens with zero attached hydrogens (tertiary/aromatic N) is 5. The Hall–Kier alpha value is -2.70. The lowest BCUT2D eigenvalue weighted by molar-refractivity contribution is 0.660. The standard InChI is InChI=1S/C13H14N6O/c1-3-19-8-9(6-15-19)4-5-11-16-12-10(13(20)17-11)7-14-18(12)2/h4-8H,3H2,1-2H3,(H,16,17,20)/b5-4+. The van der Waals surface area contributed by atoms with Crippen molar-refractivity contribution in [2.24, 2.45) is 7.05 Å². The van der Waals surface area contributed by atoms with Crippen LogP contribution >= 0.6 is 0 Å². The second-order valence-corrected chi connectivity index (χ2v) is 4.42. The van der Waals surface area contributed by atoms with Crippen LogP contribution in [0.5, 0.6) is 0 Å². The number of aromatic amines is 1. The topological polar surface area (TPSA) is 81.4 Å². The molecular formula is C13H14N6O. The number of H-pyrrole nitrogens is 1. The molecule has 0 aliphatic heterocycles. The molecule has 7 nitrogen and oxygen atoms in total. The second-order valence-electron chi connectivity index (χ2n) is 4.42. The summed E-state index contributed by atoms with van der Waals surface area (Å²) in [4.78, 5) is 19.0. The Bertz CT molecular complexity index is 838. The van der Waals surface area contributed by atoms with Crippen LogP contribution in [0.25, 0.3) is 23.2 Å². The van der Waals surface area contributed by atoms with E-state index in [4.69, 9.17) is 0 Å². The van der Waals surface area contributed by atoms with Crippen LogP contribution in [0.3, 0.4) is 0 Å². The predicted molar refractivity (Wildman–Crippen MR) is 76.0 cm³/mol. The van der Waals surface area contributed by atoms with Crippen molar-refractivity contribution < 1.29 is 0 Å². The van der Waals surface area contributed by atoms with Gasteiger partial charge in [-0.25, -0.2) is 4.98 Å². The third-order valence-electron chi connectivity index (χ3n) is 3.03. The minimum Gasteiger partial charge on any atom is -0.306 e. The molecule has 0 saturated carbocycles. The molecule has 102 valence electrons. The Morgan fingerprint density at radius 3 is 2.90 bits per heavy atom. The van der Waals surface area contributed by atoms with Crippen LogP contribution in [0.15, 0.2) is 23.4 Å². The first-order chi connectivity index (χ1) is 9.67. The maximum absolute atomic E-state index is 11.9. The van der Waals surface area contributed by atoms with Gasteiger partial charge in [-0.2, -0.15) is 10.2 Å². The highest BCUT2D eigenvalue weighted by atomic mass is 16.1. The molecule has 0 aliphatic rings. The zero-order valence-electron chi connectivity index (χ0n) is 11.2. The second kappa shape index (κ2) is 4.76. The lowest BCUT2D eigenvalue weighted by Gasteiger charge is -1.96. The van der Waals surface area contributed by atoms with Crippen molar-refractivity contribution in [2.45, 2.75) is 13.5 Å². The smallest absolute Gasteiger partial charge is 0.262 e. The van der Waals surface area contributed by atoms with Crippen molar-refractivity contribution in [3.63, 3.8) is 0 Å². The van der Waals surface area contributed by atoms with E-state index in [2.05, 4.69) is 20.2 Å². The molecular weight excluding hydrogens is 256 g/mol. The first-order valence-corrected chi connectivity index (χ1v) is 6.30. The van der Waals surface area contributed by atoms with Gasteiger partial charge in [0.25, 0.3) is 5.56 Å². The molecule has 0 bridgehead atoms. The molecule has 0 radical (unpaired) electrons. The number of fused-ring (bicyclic) bond motifs is 1. The molecule has 0 unspecified atom stereocenters. The fourth-order valence-corrected chi connectivity index (χ4v) is 1.94. The van der Waals surface area contributed by atoms with Gasteiger partial charge in [0.1, 0.15) is 11.2 Å². The highest BCUT2D eigenvalue weighted by molar-refractivity contribution is 5.75. The molecule has 0 fully saturated rings. The minimum absolute atomic E-state index is 0.188. The van der Waals surface area contributed by atoms with Gasteiger partial charge in [-0.15, -0.1) is 0 Å². The molecule has 20 heavy (non-hydrogen) atoms. The number of hydrogen-bond acceptors (Lipinski definition) is 4. The third kappa shape index (κ3) is 2.13. The Balaban J connectivity index is 1.98. The van der Waals surface area contributed by atoms with Crippen molar-refractivity contribution in [1.82, 2.24) is 29.5 Å². The van der Waals surface area contributed by atoms with Crippen molar-refractivity contribution in [3.8, 4) is 0 Å². The zero-order chi connectivity index (χ0) is 14.1. The van der Waals surface area contributed by atoms with E-state index in [1.54, 1.807) is 24.0 Å². The van der Waals surface area contributed by atoms with Gasteiger partial charge in [0.05, 0.1) is 12.4 Å². The maximum Gasteiger partial charge on any atom is 0.262 e. The quantitative estimate of drug-likeness (QED) is 0.771. The third-order valence-corrected chi connectivity index (χ3v) is 3.03. The highest BCUT2D eigenvalue weighted by Crippen LogP contribution is 2.07. The number of aryl methyl sites for hydroxylation is 2. The van der Waals surface area contributed by atoms with E-state index in [9.17, 15) is 4.79 Å². The Labute approximate surface area is 114 Å². The normalized spacial score (nSPS) is 11.7. The van der Waals surface area contributed by atoms with Crippen LogP contribution in [0.4, 0.5) is 0 Å². The number of nitrogens with one attached hydrogen (secondary N) is 1. The summed E-state index contributed by atoms with van der Waals surface area (Å²) < 4.78 is 3.41. The Morgan fingerprint density at radius 1 is 1.30 bits per heavy atom. The fraction of sp³-hybridized carbons (Fsp3) is 0.231. The summed E-state index contributed by atoms with van der Waals surface area (Å²) in [5.41, 5.74) is 1.34. The molecule has 0 saturated heterocycles. The average molecular weight is 270 g/mol. The van der Waals surface area contributed by atoms with Crippen molar-refractivity contribution in [3.05, 3.63) is 40.3 Å². The summed E-state index contributed by atoms with van der Waals surface area (Å²) in [5.74, 6) is 0.496. The molecule has 3 rings (SSSR count). The number of hydrogen-bond donors (Lipinski definition) is 1. The van der Waals surface area contributed by atoms with Gasteiger partial charge in [0, 0.05) is 25.4 Å². The van der Waals surface area contributed by atoms with E-state index in [-0.39, 0.29) is 5.56 Å². The Morgan fingerprint density at radius 2 is 2.15 bits per heavy atom. The predicted octanol–water partition coefficient (Wildman–Crippen LogP) is 1.04. The van der Waals surface area contributed by atoms with E-state index in [0.717, 1.165) is 12.1 Å². The SMILES string of the molecule is CCn1cc(/C=C/c2nc3c(cnn3C)c(=O)[nH]2)cn1. The number of aromatic nitrogens is 6. The van der Waals surface area contributed by atoms with Crippen LogP contribution in [-0.2, 0) is 13.6 Å². The van der Waals surface area contributed by atoms with Crippen LogP contribution < -0.4 is 5.56 Å². The molecule has 3 aromatic heterocycles. The summed E-state index contributed by atoms with van der Waals surface area (Å²) >= 11 is 0. The van der Waals surface area contributed by atoms with E-state index >= 15 is 0 Å². The maximum atomic E-state index is 11.9. The zero-order valence-corrected chi connectivity index (χ0v) is 11.2. The Kier molecular flexibility index (Phi) is 2.94. The summed E-state index contributed by atoms with van der Waals surface area (Å²) in [5, 5.41) is 8.70. The summed E-state index contributed by atoms with van der Waals surface area (Å²) in [6.45, 7) is 2.85. The largest absolute Gasteiger partial charge is 0.306 e. The van der Waals surface area contributed by atoms with Crippen molar-refractivity contribution in [1.29, 1.82) is 0 Å². The lowest BCUT2D eigenvalue weighted by Crippen LogP contribution is -2.09. The van der Waals surface area contributed by atoms with Crippen LogP contribution in [0.2, 0.25) is 0 Å². The van der Waals surface area contributed by atoms with Gasteiger partial charge in [-0.3, -0.25) is 14.2 Å². The van der Waals surface area contributed by atoms with E-state index in [1.807, 2.05) is 23.9 Å². The van der Waals surface area contributed by atoms with E-state index in [0.29, 0.717) is 16.9 Å². The summed E-state index contributed by atoms with van der Waals surface area (Å²) in [6, 6.07) is 0. The first-order valence-electron chi connectivity index (χ1n) is 6.30. The summed E-state index contributed by atoms with van der Waals surface area (Å²) in [6.07, 6.45) is 8.82. The van der Waals surface area contributed by atoms with Crippen LogP contribution in [-0.4, -0.2) is 29.5 Å². The highest BCUT2D eigenvalue weighted by Gasteiger charge is 2.06. The molecule has 0 aromatic carbocycles. The van der Waals surface area contributed by atoms with Gasteiger partial charge in [0.2, 0.25) is 0 Å². The van der Waals surface area contributed by atoms with E-state index in [1.165, 1.54) is 6.20 Å². The van der Waals surface area contributed by atoms with Gasteiger partial charge >= 0.3 is 0 Å². The molecule has 0 aliphatic carbocycles. The van der Waals surface area contributed by atoms with Gasteiger partial charge in [0.15, 0.2) is 5.65 Å². The molecule has 0 atom stereocenters. The molecule has 0 amide bonds. The lowest BCUT2D eigenvalue weighted by atomic mass is 10.3. The van der Waals surface area contributed by atoms with Crippen LogP contribution in [0, 0.1) is 0 Å². The molecule has 3 heterocycles.